The molecular weight excluding hydrogens is 460 g/mol. The highest BCUT2D eigenvalue weighted by molar-refractivity contribution is 5.99. The van der Waals surface area contributed by atoms with Gasteiger partial charge in [-0.05, 0) is 58.8 Å². The van der Waals surface area contributed by atoms with Gasteiger partial charge in [0, 0.05) is 25.7 Å². The van der Waals surface area contributed by atoms with Gasteiger partial charge in [0.15, 0.2) is 0 Å². The molecule has 1 N–H and O–H groups in total. The third-order valence-electron chi connectivity index (χ3n) is 8.33. The van der Waals surface area contributed by atoms with Crippen molar-refractivity contribution in [1.82, 2.24) is 9.80 Å². The molecule has 6 atom stereocenters. The van der Waals surface area contributed by atoms with E-state index in [9.17, 15) is 19.5 Å². The summed E-state index contributed by atoms with van der Waals surface area (Å²) < 4.78 is 12.5. The van der Waals surface area contributed by atoms with Gasteiger partial charge in [-0.3, -0.25) is 14.4 Å². The first-order valence-corrected chi connectivity index (χ1v) is 13.7. The summed E-state index contributed by atoms with van der Waals surface area (Å²) in [4.78, 5) is 45.3. The van der Waals surface area contributed by atoms with Gasteiger partial charge in [-0.2, -0.15) is 0 Å². The first-order valence-electron chi connectivity index (χ1n) is 13.7. The van der Waals surface area contributed by atoms with Crippen LogP contribution in [0.3, 0.4) is 0 Å². The maximum absolute atomic E-state index is 14.2. The van der Waals surface area contributed by atoms with E-state index in [1.54, 1.807) is 4.90 Å². The molecule has 4 heterocycles. The number of rotatable bonds is 8. The second kappa shape index (κ2) is 11.1. The Morgan fingerprint density at radius 1 is 1.08 bits per heavy atom. The highest BCUT2D eigenvalue weighted by Gasteiger charge is 2.74. The van der Waals surface area contributed by atoms with E-state index in [-0.39, 0.29) is 24.5 Å². The van der Waals surface area contributed by atoms with Gasteiger partial charge < -0.3 is 24.4 Å². The van der Waals surface area contributed by atoms with Crippen molar-refractivity contribution >= 4 is 17.8 Å². The Morgan fingerprint density at radius 2 is 1.89 bits per heavy atom. The number of carbonyl (C=O) groups excluding carboxylic acids is 3. The lowest BCUT2D eigenvalue weighted by atomic mass is 9.74. The third kappa shape index (κ3) is 4.62. The molecule has 0 aromatic heterocycles. The first-order chi connectivity index (χ1) is 17.3. The first kappa shape index (κ1) is 26.9. The number of amides is 2. The number of ether oxygens (including phenoxy) is 2. The number of aliphatic hydroxyl groups is 1. The van der Waals surface area contributed by atoms with Crippen molar-refractivity contribution in [1.29, 1.82) is 0 Å². The number of unbranched alkanes of at least 4 members (excludes halogenated alkanes) is 2. The van der Waals surface area contributed by atoms with Crippen molar-refractivity contribution in [2.45, 2.75) is 95.4 Å². The zero-order chi connectivity index (χ0) is 25.9. The smallest absolute Gasteiger partial charge is 0.313 e. The molecule has 200 valence electrons. The second-order valence-electron chi connectivity index (χ2n) is 10.9. The van der Waals surface area contributed by atoms with Crippen LogP contribution in [0.5, 0.6) is 0 Å². The summed E-state index contributed by atoms with van der Waals surface area (Å²) >= 11 is 0. The molecule has 2 unspecified atom stereocenters. The molecule has 1 spiro atoms. The highest BCUT2D eigenvalue weighted by atomic mass is 16.6. The average molecular weight is 503 g/mol. The molecule has 36 heavy (non-hydrogen) atoms. The maximum atomic E-state index is 14.2. The lowest BCUT2D eigenvalue weighted by Gasteiger charge is -2.39. The van der Waals surface area contributed by atoms with Gasteiger partial charge in [0.1, 0.15) is 17.6 Å². The molecule has 0 saturated carbocycles. The van der Waals surface area contributed by atoms with E-state index >= 15 is 0 Å². The number of allylic oxidation sites excluding steroid dienone is 1. The average Bonchev–Trinajstić information content (AvgIpc) is 3.16. The van der Waals surface area contributed by atoms with E-state index in [4.69, 9.17) is 9.47 Å². The molecule has 2 amide bonds. The van der Waals surface area contributed by atoms with E-state index < -0.39 is 35.0 Å². The quantitative estimate of drug-likeness (QED) is 0.311. The van der Waals surface area contributed by atoms with Crippen molar-refractivity contribution in [2.24, 2.45) is 11.8 Å². The topological polar surface area (TPSA) is 96.4 Å². The Balaban J connectivity index is 1.78. The fourth-order valence-electron chi connectivity index (χ4n) is 6.60. The highest BCUT2D eigenvalue weighted by Crippen LogP contribution is 2.57. The summed E-state index contributed by atoms with van der Waals surface area (Å²) in [5, 5.41) is 9.20. The molecular formula is C28H42N2O6. The SMILES string of the molecule is CCCC(C)N1CC=C[C@]23O[C@@]4(C)/C=C\CCCCOC(=O)[C@H]4[C@H]2C(=O)N(CCCCCO)C3C1=O. The van der Waals surface area contributed by atoms with E-state index in [1.807, 2.05) is 43.1 Å². The van der Waals surface area contributed by atoms with Gasteiger partial charge in [-0.1, -0.05) is 37.6 Å². The Kier molecular flexibility index (Phi) is 8.25. The van der Waals surface area contributed by atoms with Crippen LogP contribution in [0.15, 0.2) is 24.3 Å². The van der Waals surface area contributed by atoms with Crippen molar-refractivity contribution in [2.75, 3.05) is 26.3 Å². The van der Waals surface area contributed by atoms with Gasteiger partial charge in [-0.15, -0.1) is 0 Å². The number of cyclic esters (lactones) is 1. The fraction of sp³-hybridized carbons (Fsp3) is 0.750. The van der Waals surface area contributed by atoms with E-state index in [1.165, 1.54) is 0 Å². The summed E-state index contributed by atoms with van der Waals surface area (Å²) in [6, 6.07) is -0.812. The molecule has 0 aromatic rings. The van der Waals surface area contributed by atoms with E-state index in [2.05, 4.69) is 6.92 Å². The number of hydrogen-bond acceptors (Lipinski definition) is 6. The van der Waals surface area contributed by atoms with Gasteiger partial charge >= 0.3 is 5.97 Å². The zero-order valence-electron chi connectivity index (χ0n) is 22.0. The normalized spacial score (nSPS) is 36.1. The lowest BCUT2D eigenvalue weighted by molar-refractivity contribution is -0.160. The molecule has 2 saturated heterocycles. The molecule has 0 aliphatic carbocycles. The van der Waals surface area contributed by atoms with Crippen LogP contribution in [0.4, 0.5) is 0 Å². The summed E-state index contributed by atoms with van der Waals surface area (Å²) in [5.41, 5.74) is -2.28. The Morgan fingerprint density at radius 3 is 2.64 bits per heavy atom. The van der Waals surface area contributed by atoms with Crippen LogP contribution in [-0.2, 0) is 23.9 Å². The maximum Gasteiger partial charge on any atom is 0.313 e. The second-order valence-corrected chi connectivity index (χ2v) is 10.9. The van der Waals surface area contributed by atoms with Crippen molar-refractivity contribution in [3.63, 3.8) is 0 Å². The van der Waals surface area contributed by atoms with Crippen LogP contribution in [0.25, 0.3) is 0 Å². The molecule has 4 aliphatic heterocycles. The zero-order valence-corrected chi connectivity index (χ0v) is 22.0. The predicted molar refractivity (Wildman–Crippen MR) is 135 cm³/mol. The van der Waals surface area contributed by atoms with Crippen molar-refractivity contribution < 1.29 is 29.0 Å². The van der Waals surface area contributed by atoms with Crippen LogP contribution in [0.2, 0.25) is 0 Å². The molecule has 0 radical (unpaired) electrons. The van der Waals surface area contributed by atoms with Gasteiger partial charge in [-0.25, -0.2) is 0 Å². The van der Waals surface area contributed by atoms with Crippen LogP contribution in [0, 0.1) is 11.8 Å². The summed E-state index contributed by atoms with van der Waals surface area (Å²) in [7, 11) is 0. The van der Waals surface area contributed by atoms with Crippen molar-refractivity contribution in [3.8, 4) is 0 Å². The minimum atomic E-state index is -1.23. The molecule has 0 aromatic carbocycles. The Labute approximate surface area is 214 Å². The van der Waals surface area contributed by atoms with Gasteiger partial charge in [0.2, 0.25) is 11.8 Å². The number of aliphatic hydroxyl groups excluding tert-OH is 1. The standard InChI is InChI=1S/C28H42N2O6/c1-4-13-20(2)29-17-12-15-28-21(24(32)30(23(28)25(29)33)16-9-7-10-18-31)22-26(34)35-19-11-6-5-8-14-27(22,3)36-28/h8,12,14-15,20-23,31H,4-7,9-11,13,16-19H2,1-3H3/b14-8-/t20?,21-,22+,23?,27-,28-/m0/s1. The van der Waals surface area contributed by atoms with Crippen LogP contribution >= 0.6 is 0 Å². The number of likely N-dealkylation sites (tertiary alicyclic amines) is 1. The monoisotopic (exact) mass is 502 g/mol. The molecule has 4 rings (SSSR count). The fourth-order valence-corrected chi connectivity index (χ4v) is 6.60. The molecule has 2 fully saturated rings. The van der Waals surface area contributed by atoms with Crippen LogP contribution in [-0.4, -0.2) is 82.3 Å². The van der Waals surface area contributed by atoms with E-state index in [0.29, 0.717) is 32.5 Å². The number of hydrogen-bond donors (Lipinski definition) is 1. The Bertz CT molecular complexity index is 902. The van der Waals surface area contributed by atoms with Gasteiger partial charge in [0.25, 0.3) is 0 Å². The number of nitrogens with zero attached hydrogens (tertiary/aromatic N) is 2. The Hall–Kier alpha value is -2.19. The van der Waals surface area contributed by atoms with Crippen molar-refractivity contribution in [3.05, 3.63) is 24.3 Å². The van der Waals surface area contributed by atoms with Gasteiger partial charge in [0.05, 0.1) is 18.1 Å². The molecule has 8 nitrogen and oxygen atoms in total. The van der Waals surface area contributed by atoms with E-state index in [0.717, 1.165) is 38.5 Å². The molecule has 8 heteroatoms. The predicted octanol–water partition coefficient (Wildman–Crippen LogP) is 2.99. The summed E-state index contributed by atoms with van der Waals surface area (Å²) in [5.74, 6) is -2.43. The summed E-state index contributed by atoms with van der Waals surface area (Å²) in [6.07, 6.45) is 14.2. The minimum Gasteiger partial charge on any atom is -0.465 e. The minimum absolute atomic E-state index is 0.0234. The number of fused-ring (bicyclic) bond motifs is 2. The number of carbonyl (C=O) groups is 3. The largest absolute Gasteiger partial charge is 0.465 e. The summed E-state index contributed by atoms with van der Waals surface area (Å²) in [6.45, 7) is 7.23. The number of esters is 1. The molecule has 4 aliphatic rings. The van der Waals surface area contributed by atoms with Crippen LogP contribution < -0.4 is 0 Å². The van der Waals surface area contributed by atoms with Crippen LogP contribution in [0.1, 0.15) is 72.1 Å². The molecule has 0 bridgehead atoms. The third-order valence-corrected chi connectivity index (χ3v) is 8.33. The lowest BCUT2D eigenvalue weighted by Crippen LogP contribution is -2.57.